The molecule has 0 saturated heterocycles. The number of carbonyl (C=O) groups is 1. The number of benzene rings is 2. The number of hydrogen-bond donors (Lipinski definition) is 1. The van der Waals surface area contributed by atoms with E-state index in [0.29, 0.717) is 23.8 Å². The molecule has 0 aliphatic rings. The summed E-state index contributed by atoms with van der Waals surface area (Å²) in [5.41, 5.74) is 1.51. The first kappa shape index (κ1) is 21.9. The maximum Gasteiger partial charge on any atom is 0.257 e. The lowest BCUT2D eigenvalue weighted by Gasteiger charge is -2.23. The number of nitrogens with zero attached hydrogens (tertiary/aromatic N) is 1. The topological polar surface area (TPSA) is 41.6 Å². The molecule has 28 heavy (non-hydrogen) atoms. The van der Waals surface area contributed by atoms with Crippen LogP contribution in [0.3, 0.4) is 0 Å². The molecular weight excluding hydrogens is 368 g/mol. The number of carbonyl (C=O) groups excluding carboxylic acids is 1. The highest BCUT2D eigenvalue weighted by Crippen LogP contribution is 2.15. The molecule has 1 N–H and O–H groups in total. The van der Waals surface area contributed by atoms with Crippen molar-refractivity contribution in [3.63, 3.8) is 0 Å². The van der Waals surface area contributed by atoms with Crippen LogP contribution in [0.15, 0.2) is 54.6 Å². The normalized spacial score (nSPS) is 10.4. The molecule has 0 spiro atoms. The molecule has 0 radical (unpaired) electrons. The van der Waals surface area contributed by atoms with Crippen LogP contribution < -0.4 is 15.0 Å². The minimum atomic E-state index is -0.217. The predicted octanol–water partition coefficient (Wildman–Crippen LogP) is 5.58. The molecule has 2 aromatic carbocycles. The third-order valence-electron chi connectivity index (χ3n) is 4.48. The third kappa shape index (κ3) is 6.97. The summed E-state index contributed by atoms with van der Waals surface area (Å²) < 4.78 is 5.75. The lowest BCUT2D eigenvalue weighted by Crippen LogP contribution is -2.42. The van der Waals surface area contributed by atoms with Crippen molar-refractivity contribution in [3.05, 3.63) is 60.2 Å². The summed E-state index contributed by atoms with van der Waals surface area (Å²) in [7, 11) is 0. The predicted molar refractivity (Wildman–Crippen MR) is 120 cm³/mol. The Hall–Kier alpha value is -2.40. The van der Waals surface area contributed by atoms with Gasteiger partial charge in [0.25, 0.3) is 5.91 Å². The van der Waals surface area contributed by atoms with Crippen molar-refractivity contribution in [2.24, 2.45) is 0 Å². The second-order valence-corrected chi connectivity index (χ2v) is 7.01. The van der Waals surface area contributed by atoms with Gasteiger partial charge in [0, 0.05) is 17.8 Å². The molecule has 0 heterocycles. The first-order valence-corrected chi connectivity index (χ1v) is 10.5. The van der Waals surface area contributed by atoms with E-state index in [9.17, 15) is 4.79 Å². The van der Waals surface area contributed by atoms with Gasteiger partial charge in [0.15, 0.2) is 5.11 Å². The number of nitrogens with one attached hydrogen (secondary N) is 1. The summed E-state index contributed by atoms with van der Waals surface area (Å²) in [6.07, 6.45) is 6.04. The number of hydrogen-bond acceptors (Lipinski definition) is 3. The van der Waals surface area contributed by atoms with E-state index in [-0.39, 0.29) is 5.91 Å². The van der Waals surface area contributed by atoms with E-state index in [1.165, 1.54) is 25.7 Å². The van der Waals surface area contributed by atoms with E-state index in [4.69, 9.17) is 17.0 Å². The molecule has 2 rings (SSSR count). The summed E-state index contributed by atoms with van der Waals surface area (Å²) in [5.74, 6) is 0.569. The van der Waals surface area contributed by atoms with E-state index >= 15 is 0 Å². The highest BCUT2D eigenvalue weighted by Gasteiger charge is 2.14. The maximum absolute atomic E-state index is 12.5. The van der Waals surface area contributed by atoms with Crippen LogP contribution in [-0.2, 0) is 0 Å². The van der Waals surface area contributed by atoms with Crippen molar-refractivity contribution in [3.8, 4) is 5.75 Å². The van der Waals surface area contributed by atoms with Gasteiger partial charge in [-0.15, -0.1) is 0 Å². The van der Waals surface area contributed by atoms with Gasteiger partial charge >= 0.3 is 0 Å². The Morgan fingerprint density at radius 3 is 2.29 bits per heavy atom. The Kier molecular flexibility index (Phi) is 9.49. The van der Waals surface area contributed by atoms with E-state index in [1.54, 1.807) is 12.1 Å². The molecule has 2 aromatic rings. The fraction of sp³-hybridized carbons (Fsp3) is 0.391. The highest BCUT2D eigenvalue weighted by molar-refractivity contribution is 7.80. The number of para-hydroxylation sites is 1. The Labute approximate surface area is 173 Å². The fourth-order valence-corrected chi connectivity index (χ4v) is 3.21. The quantitative estimate of drug-likeness (QED) is 0.419. The zero-order chi connectivity index (χ0) is 20.2. The number of anilines is 1. The van der Waals surface area contributed by atoms with Crippen molar-refractivity contribution in [2.75, 3.05) is 18.1 Å². The fourth-order valence-electron chi connectivity index (χ4n) is 2.89. The van der Waals surface area contributed by atoms with Gasteiger partial charge in [0.1, 0.15) is 5.75 Å². The van der Waals surface area contributed by atoms with Crippen molar-refractivity contribution >= 4 is 28.9 Å². The van der Waals surface area contributed by atoms with Gasteiger partial charge in [-0.1, -0.05) is 50.8 Å². The molecule has 0 atom stereocenters. The molecule has 0 saturated carbocycles. The van der Waals surface area contributed by atoms with Crippen LogP contribution in [0, 0.1) is 0 Å². The van der Waals surface area contributed by atoms with E-state index < -0.39 is 0 Å². The zero-order valence-corrected chi connectivity index (χ0v) is 17.6. The summed E-state index contributed by atoms with van der Waals surface area (Å²) in [5, 5.41) is 3.21. The number of thiocarbonyl (C=S) groups is 1. The smallest absolute Gasteiger partial charge is 0.257 e. The molecule has 0 bridgehead atoms. The number of rotatable bonds is 10. The van der Waals surface area contributed by atoms with Gasteiger partial charge in [-0.05, 0) is 62.0 Å². The van der Waals surface area contributed by atoms with Gasteiger partial charge in [-0.2, -0.15) is 0 Å². The van der Waals surface area contributed by atoms with Gasteiger partial charge in [0.2, 0.25) is 0 Å². The third-order valence-corrected chi connectivity index (χ3v) is 4.81. The zero-order valence-electron chi connectivity index (χ0n) is 16.8. The van der Waals surface area contributed by atoms with Gasteiger partial charge < -0.3 is 9.64 Å². The largest absolute Gasteiger partial charge is 0.494 e. The summed E-state index contributed by atoms with van der Waals surface area (Å²) >= 11 is 5.43. The SMILES string of the molecule is CCCCCCCOc1ccc(C(=O)NC(=S)N(CC)c2ccccc2)cc1. The van der Waals surface area contributed by atoms with Crippen LogP contribution in [0.25, 0.3) is 0 Å². The Bertz CT molecular complexity index is 732. The van der Waals surface area contributed by atoms with Crippen molar-refractivity contribution in [1.29, 1.82) is 0 Å². The second kappa shape index (κ2) is 12.1. The Balaban J connectivity index is 1.84. The van der Waals surface area contributed by atoms with Gasteiger partial charge in [0.05, 0.1) is 6.61 Å². The lowest BCUT2D eigenvalue weighted by molar-refractivity contribution is 0.0977. The molecule has 0 aliphatic carbocycles. The Morgan fingerprint density at radius 1 is 0.964 bits per heavy atom. The van der Waals surface area contributed by atoms with Crippen LogP contribution in [0.5, 0.6) is 5.75 Å². The van der Waals surface area contributed by atoms with Crippen LogP contribution >= 0.6 is 12.2 Å². The summed E-state index contributed by atoms with van der Waals surface area (Å²) in [4.78, 5) is 14.4. The number of amides is 1. The Morgan fingerprint density at radius 2 is 1.64 bits per heavy atom. The van der Waals surface area contributed by atoms with Crippen molar-refractivity contribution < 1.29 is 9.53 Å². The highest BCUT2D eigenvalue weighted by atomic mass is 32.1. The number of unbranched alkanes of at least 4 members (excludes halogenated alkanes) is 4. The van der Waals surface area contributed by atoms with Crippen LogP contribution in [0.2, 0.25) is 0 Å². The van der Waals surface area contributed by atoms with Crippen LogP contribution in [-0.4, -0.2) is 24.2 Å². The summed E-state index contributed by atoms with van der Waals surface area (Å²) in [6, 6.07) is 17.0. The molecule has 0 fully saturated rings. The first-order valence-electron chi connectivity index (χ1n) is 10.1. The molecule has 5 heteroatoms. The standard InChI is InChI=1S/C23H30N2O2S/c1-3-5-6-7-11-18-27-21-16-14-19(15-17-21)22(26)24-23(28)25(4-2)20-12-9-8-10-13-20/h8-10,12-17H,3-7,11,18H2,1-2H3,(H,24,26,28). The van der Waals surface area contributed by atoms with E-state index in [0.717, 1.165) is 17.9 Å². The lowest BCUT2D eigenvalue weighted by atomic mass is 10.2. The van der Waals surface area contributed by atoms with Crippen LogP contribution in [0.4, 0.5) is 5.69 Å². The van der Waals surface area contributed by atoms with E-state index in [2.05, 4.69) is 12.2 Å². The maximum atomic E-state index is 12.5. The molecular formula is C23H30N2O2S. The average molecular weight is 399 g/mol. The molecule has 0 aliphatic heterocycles. The van der Waals surface area contributed by atoms with Crippen molar-refractivity contribution in [2.45, 2.75) is 46.0 Å². The number of ether oxygens (including phenoxy) is 1. The van der Waals surface area contributed by atoms with E-state index in [1.807, 2.05) is 54.3 Å². The average Bonchev–Trinajstić information content (AvgIpc) is 2.72. The van der Waals surface area contributed by atoms with Gasteiger partial charge in [-0.3, -0.25) is 10.1 Å². The molecule has 0 aromatic heterocycles. The van der Waals surface area contributed by atoms with Crippen LogP contribution in [0.1, 0.15) is 56.3 Å². The molecule has 1 amide bonds. The molecule has 0 unspecified atom stereocenters. The minimum absolute atomic E-state index is 0.217. The summed E-state index contributed by atoms with van der Waals surface area (Å²) in [6.45, 7) is 5.60. The minimum Gasteiger partial charge on any atom is -0.494 e. The van der Waals surface area contributed by atoms with Crippen molar-refractivity contribution in [1.82, 2.24) is 5.32 Å². The second-order valence-electron chi connectivity index (χ2n) is 6.63. The molecule has 4 nitrogen and oxygen atoms in total. The van der Waals surface area contributed by atoms with Gasteiger partial charge in [-0.25, -0.2) is 0 Å². The first-order chi connectivity index (χ1) is 13.7. The molecule has 150 valence electrons. The monoisotopic (exact) mass is 398 g/mol.